The molecule has 2 nitrogen and oxygen atoms in total. The lowest BCUT2D eigenvalue weighted by atomic mass is 10.0. The second-order valence-electron chi connectivity index (χ2n) is 4.56. The van der Waals surface area contributed by atoms with Gasteiger partial charge in [0.15, 0.2) is 0 Å². The van der Waals surface area contributed by atoms with Crippen LogP contribution in [-0.4, -0.2) is 7.11 Å². The minimum Gasteiger partial charge on any atom is -0.497 e. The number of aryl methyl sites for hydroxylation is 2. The summed E-state index contributed by atoms with van der Waals surface area (Å²) in [5.41, 5.74) is 8.84. The van der Waals surface area contributed by atoms with Gasteiger partial charge in [0.2, 0.25) is 0 Å². The van der Waals surface area contributed by atoms with E-state index in [1.807, 2.05) is 12.1 Å². The Morgan fingerprint density at radius 3 is 2.39 bits per heavy atom. The molecule has 18 heavy (non-hydrogen) atoms. The molecule has 0 spiro atoms. The number of benzene rings is 1. The third-order valence-corrected chi connectivity index (χ3v) is 4.32. The molecule has 0 aliphatic heterocycles. The van der Waals surface area contributed by atoms with Gasteiger partial charge in [0, 0.05) is 15.8 Å². The van der Waals surface area contributed by atoms with E-state index < -0.39 is 0 Å². The molecule has 2 N–H and O–H groups in total. The van der Waals surface area contributed by atoms with Crippen molar-refractivity contribution in [2.24, 2.45) is 5.73 Å². The third-order valence-electron chi connectivity index (χ3n) is 3.03. The lowest BCUT2D eigenvalue weighted by Gasteiger charge is -2.11. The van der Waals surface area contributed by atoms with Crippen LogP contribution in [0.25, 0.3) is 0 Å². The van der Waals surface area contributed by atoms with Gasteiger partial charge in [-0.1, -0.05) is 12.1 Å². The summed E-state index contributed by atoms with van der Waals surface area (Å²) in [6.07, 6.45) is 0.866. The fourth-order valence-corrected chi connectivity index (χ4v) is 3.17. The van der Waals surface area contributed by atoms with Gasteiger partial charge >= 0.3 is 0 Å². The first-order valence-electron chi connectivity index (χ1n) is 6.05. The van der Waals surface area contributed by atoms with Gasteiger partial charge in [-0.3, -0.25) is 0 Å². The van der Waals surface area contributed by atoms with E-state index in [-0.39, 0.29) is 6.04 Å². The van der Waals surface area contributed by atoms with Gasteiger partial charge < -0.3 is 10.5 Å². The van der Waals surface area contributed by atoms with Gasteiger partial charge in [0.05, 0.1) is 7.11 Å². The summed E-state index contributed by atoms with van der Waals surface area (Å²) >= 11 is 1.80. The van der Waals surface area contributed by atoms with Crippen LogP contribution in [-0.2, 0) is 6.42 Å². The van der Waals surface area contributed by atoms with E-state index in [4.69, 9.17) is 10.5 Å². The van der Waals surface area contributed by atoms with Crippen molar-refractivity contribution in [3.05, 3.63) is 51.2 Å². The molecule has 3 heteroatoms. The number of rotatable bonds is 4. The second kappa shape index (κ2) is 5.55. The second-order valence-corrected chi connectivity index (χ2v) is 5.85. The molecule has 1 unspecified atom stereocenters. The number of hydrogen-bond acceptors (Lipinski definition) is 3. The Bertz CT molecular complexity index is 516. The topological polar surface area (TPSA) is 35.2 Å². The zero-order chi connectivity index (χ0) is 13.1. The van der Waals surface area contributed by atoms with Crippen LogP contribution in [0.15, 0.2) is 30.3 Å². The van der Waals surface area contributed by atoms with Crippen LogP contribution in [0.4, 0.5) is 0 Å². The Hall–Kier alpha value is -1.32. The lowest BCUT2D eigenvalue weighted by molar-refractivity contribution is 0.414. The van der Waals surface area contributed by atoms with Crippen molar-refractivity contribution in [1.82, 2.24) is 0 Å². The lowest BCUT2D eigenvalue weighted by Crippen LogP contribution is -2.12. The standard InChI is InChI=1S/C15H19NOS/c1-10-8-11(2)18-15(10)14(16)9-12-4-6-13(17-3)7-5-12/h4-8,14H,9,16H2,1-3H3. The van der Waals surface area contributed by atoms with Crippen molar-refractivity contribution in [3.8, 4) is 5.75 Å². The minimum absolute atomic E-state index is 0.0806. The fraction of sp³-hybridized carbons (Fsp3) is 0.333. The van der Waals surface area contributed by atoms with Crippen molar-refractivity contribution in [1.29, 1.82) is 0 Å². The first-order chi connectivity index (χ1) is 8.60. The van der Waals surface area contributed by atoms with Crippen LogP contribution >= 0.6 is 11.3 Å². The Morgan fingerprint density at radius 2 is 1.89 bits per heavy atom. The Kier molecular flexibility index (Phi) is 4.04. The molecule has 0 saturated carbocycles. The van der Waals surface area contributed by atoms with Crippen molar-refractivity contribution in [2.75, 3.05) is 7.11 Å². The van der Waals surface area contributed by atoms with Crippen LogP contribution < -0.4 is 10.5 Å². The highest BCUT2D eigenvalue weighted by Gasteiger charge is 2.12. The highest BCUT2D eigenvalue weighted by molar-refractivity contribution is 7.12. The molecule has 0 saturated heterocycles. The predicted molar refractivity (Wildman–Crippen MR) is 77.4 cm³/mol. The van der Waals surface area contributed by atoms with Gasteiger partial charge in [0.25, 0.3) is 0 Å². The van der Waals surface area contributed by atoms with Crippen molar-refractivity contribution in [2.45, 2.75) is 26.3 Å². The summed E-state index contributed by atoms with van der Waals surface area (Å²) in [6, 6.07) is 10.4. The van der Waals surface area contributed by atoms with Crippen molar-refractivity contribution < 1.29 is 4.74 Å². The highest BCUT2D eigenvalue weighted by Crippen LogP contribution is 2.28. The summed E-state index contributed by atoms with van der Waals surface area (Å²) in [7, 11) is 1.68. The molecular formula is C15H19NOS. The van der Waals surface area contributed by atoms with Gasteiger partial charge in [-0.25, -0.2) is 0 Å². The van der Waals surface area contributed by atoms with E-state index in [0.717, 1.165) is 12.2 Å². The van der Waals surface area contributed by atoms with Crippen LogP contribution in [0, 0.1) is 13.8 Å². The van der Waals surface area contributed by atoms with E-state index in [1.165, 1.54) is 20.9 Å². The zero-order valence-electron chi connectivity index (χ0n) is 11.1. The molecule has 1 heterocycles. The third kappa shape index (κ3) is 2.92. The average Bonchev–Trinajstić information content (AvgIpc) is 2.69. The van der Waals surface area contributed by atoms with E-state index in [1.54, 1.807) is 18.4 Å². The van der Waals surface area contributed by atoms with E-state index in [9.17, 15) is 0 Å². The number of ether oxygens (including phenoxy) is 1. The molecule has 1 atom stereocenters. The van der Waals surface area contributed by atoms with Gasteiger partial charge in [-0.2, -0.15) is 0 Å². The molecule has 0 bridgehead atoms. The molecule has 96 valence electrons. The Labute approximate surface area is 112 Å². The monoisotopic (exact) mass is 261 g/mol. The number of nitrogens with two attached hydrogens (primary N) is 1. The quantitative estimate of drug-likeness (QED) is 0.912. The van der Waals surface area contributed by atoms with Crippen LogP contribution in [0.3, 0.4) is 0 Å². The largest absolute Gasteiger partial charge is 0.497 e. The Balaban J connectivity index is 2.10. The molecule has 2 aromatic rings. The molecule has 1 aromatic carbocycles. The normalized spacial score (nSPS) is 12.4. The molecule has 0 aliphatic rings. The number of methoxy groups -OCH3 is 1. The van der Waals surface area contributed by atoms with Crippen molar-refractivity contribution in [3.63, 3.8) is 0 Å². The number of thiophene rings is 1. The smallest absolute Gasteiger partial charge is 0.118 e. The maximum atomic E-state index is 6.29. The zero-order valence-corrected chi connectivity index (χ0v) is 11.9. The first kappa shape index (κ1) is 13.1. The fourth-order valence-electron chi connectivity index (χ4n) is 2.14. The molecule has 0 aliphatic carbocycles. The van der Waals surface area contributed by atoms with E-state index in [2.05, 4.69) is 32.0 Å². The SMILES string of the molecule is COc1ccc(CC(N)c2sc(C)cc2C)cc1. The maximum Gasteiger partial charge on any atom is 0.118 e. The van der Waals surface area contributed by atoms with Gasteiger partial charge in [0.1, 0.15) is 5.75 Å². The van der Waals surface area contributed by atoms with E-state index in [0.29, 0.717) is 0 Å². The molecular weight excluding hydrogens is 242 g/mol. The summed E-state index contributed by atoms with van der Waals surface area (Å²) in [5.74, 6) is 0.885. The van der Waals surface area contributed by atoms with Crippen molar-refractivity contribution >= 4 is 11.3 Å². The molecule has 0 radical (unpaired) electrons. The first-order valence-corrected chi connectivity index (χ1v) is 6.87. The molecule has 0 amide bonds. The number of hydrogen-bond donors (Lipinski definition) is 1. The van der Waals surface area contributed by atoms with E-state index >= 15 is 0 Å². The van der Waals surface area contributed by atoms with Gasteiger partial charge in [-0.05, 0) is 49.6 Å². The average molecular weight is 261 g/mol. The van der Waals surface area contributed by atoms with Gasteiger partial charge in [-0.15, -0.1) is 11.3 Å². The minimum atomic E-state index is 0.0806. The molecule has 1 aromatic heterocycles. The summed E-state index contributed by atoms with van der Waals surface area (Å²) < 4.78 is 5.15. The van der Waals surface area contributed by atoms with Crippen LogP contribution in [0.1, 0.15) is 26.9 Å². The van der Waals surface area contributed by atoms with Crippen LogP contribution in [0.2, 0.25) is 0 Å². The summed E-state index contributed by atoms with van der Waals surface area (Å²) in [5, 5.41) is 0. The Morgan fingerprint density at radius 1 is 1.22 bits per heavy atom. The molecule has 0 fully saturated rings. The highest BCUT2D eigenvalue weighted by atomic mass is 32.1. The summed E-state index contributed by atoms with van der Waals surface area (Å²) in [4.78, 5) is 2.62. The van der Waals surface area contributed by atoms with Crippen LogP contribution in [0.5, 0.6) is 5.75 Å². The summed E-state index contributed by atoms with van der Waals surface area (Å²) in [6.45, 7) is 4.26. The predicted octanol–water partition coefficient (Wildman–Crippen LogP) is 3.62. The molecule has 2 rings (SSSR count). The maximum absolute atomic E-state index is 6.29.